The molecule has 1 aromatic rings. The maximum Gasteiger partial charge on any atom is 0.129 e. The third kappa shape index (κ3) is 3.98. The van der Waals surface area contributed by atoms with Gasteiger partial charge in [-0.25, -0.2) is 4.98 Å². The summed E-state index contributed by atoms with van der Waals surface area (Å²) in [6.07, 6.45) is 3.60. The first-order valence-electron chi connectivity index (χ1n) is 6.49. The fourth-order valence-corrected chi connectivity index (χ4v) is 2.02. The molecule has 1 heterocycles. The van der Waals surface area contributed by atoms with E-state index in [9.17, 15) is 0 Å². The highest BCUT2D eigenvalue weighted by atomic mass is 79.9. The van der Waals surface area contributed by atoms with Crippen LogP contribution >= 0.6 is 15.9 Å². The molecule has 0 saturated heterocycles. The zero-order valence-electron chi connectivity index (χ0n) is 11.3. The lowest BCUT2D eigenvalue weighted by Crippen LogP contribution is -2.34. The van der Waals surface area contributed by atoms with Crippen molar-refractivity contribution in [3.63, 3.8) is 0 Å². The molecule has 0 saturated carbocycles. The first-order valence-corrected chi connectivity index (χ1v) is 7.29. The Balaban J connectivity index is 2.91. The number of nitrogens with zero attached hydrogens (tertiary/aromatic N) is 2. The molecule has 1 aromatic heterocycles. The zero-order chi connectivity index (χ0) is 12.8. The quantitative estimate of drug-likeness (QED) is 0.765. The predicted molar refractivity (Wildman–Crippen MR) is 78.7 cm³/mol. The van der Waals surface area contributed by atoms with Crippen molar-refractivity contribution in [3.05, 3.63) is 22.3 Å². The Morgan fingerprint density at radius 1 is 1.35 bits per heavy atom. The summed E-state index contributed by atoms with van der Waals surface area (Å²) >= 11 is 3.50. The minimum Gasteiger partial charge on any atom is -0.354 e. The van der Waals surface area contributed by atoms with Crippen molar-refractivity contribution >= 4 is 21.7 Å². The minimum atomic E-state index is 0.551. The van der Waals surface area contributed by atoms with Gasteiger partial charge >= 0.3 is 0 Å². The topological polar surface area (TPSA) is 16.1 Å². The average molecular weight is 299 g/mol. The molecule has 2 nitrogen and oxygen atoms in total. The van der Waals surface area contributed by atoms with E-state index in [4.69, 9.17) is 0 Å². The second-order valence-corrected chi connectivity index (χ2v) is 5.40. The van der Waals surface area contributed by atoms with Crippen LogP contribution in [0, 0.1) is 6.92 Å². The molecule has 0 aliphatic carbocycles. The van der Waals surface area contributed by atoms with Crippen LogP contribution in [0.2, 0.25) is 0 Å². The Morgan fingerprint density at radius 3 is 2.59 bits per heavy atom. The highest BCUT2D eigenvalue weighted by molar-refractivity contribution is 9.10. The standard InChI is InChI=1S/C14H23BrN2/c1-5-7-10-17(11(3)6-2)14-9-8-13(15)12(4)16-14/h8-9,11H,5-7,10H2,1-4H3. The maximum absolute atomic E-state index is 4.67. The number of pyridine rings is 1. The fraction of sp³-hybridized carbons (Fsp3) is 0.643. The molecule has 0 N–H and O–H groups in total. The lowest BCUT2D eigenvalue weighted by atomic mass is 10.2. The van der Waals surface area contributed by atoms with E-state index in [1.54, 1.807) is 0 Å². The smallest absolute Gasteiger partial charge is 0.129 e. The number of rotatable bonds is 6. The van der Waals surface area contributed by atoms with Crippen LogP contribution in [0.5, 0.6) is 0 Å². The molecular weight excluding hydrogens is 276 g/mol. The highest BCUT2D eigenvalue weighted by Crippen LogP contribution is 2.21. The number of anilines is 1. The Labute approximate surface area is 114 Å². The number of hydrogen-bond acceptors (Lipinski definition) is 2. The van der Waals surface area contributed by atoms with Gasteiger partial charge in [0.2, 0.25) is 0 Å². The molecular formula is C14H23BrN2. The summed E-state index contributed by atoms with van der Waals surface area (Å²) in [6, 6.07) is 4.76. The number of aromatic nitrogens is 1. The monoisotopic (exact) mass is 298 g/mol. The lowest BCUT2D eigenvalue weighted by Gasteiger charge is -2.30. The van der Waals surface area contributed by atoms with Gasteiger partial charge in [0, 0.05) is 17.1 Å². The summed E-state index contributed by atoms with van der Waals surface area (Å²) in [5.41, 5.74) is 1.06. The van der Waals surface area contributed by atoms with Gasteiger partial charge in [-0.05, 0) is 54.8 Å². The van der Waals surface area contributed by atoms with Gasteiger partial charge in [-0.3, -0.25) is 0 Å². The molecule has 96 valence electrons. The second-order valence-electron chi connectivity index (χ2n) is 4.54. The number of aryl methyl sites for hydroxylation is 1. The summed E-state index contributed by atoms with van der Waals surface area (Å²) in [5.74, 6) is 1.11. The summed E-state index contributed by atoms with van der Waals surface area (Å²) in [7, 11) is 0. The summed E-state index contributed by atoms with van der Waals surface area (Å²) in [4.78, 5) is 7.09. The molecule has 0 fully saturated rings. The molecule has 1 rings (SSSR count). The first-order chi connectivity index (χ1) is 8.10. The Morgan fingerprint density at radius 2 is 2.06 bits per heavy atom. The van der Waals surface area contributed by atoms with E-state index >= 15 is 0 Å². The van der Waals surface area contributed by atoms with Gasteiger partial charge < -0.3 is 4.90 Å². The Bertz CT molecular complexity index is 352. The van der Waals surface area contributed by atoms with Crippen LogP contribution in [0.3, 0.4) is 0 Å². The molecule has 0 spiro atoms. The van der Waals surface area contributed by atoms with Crippen LogP contribution in [0.25, 0.3) is 0 Å². The lowest BCUT2D eigenvalue weighted by molar-refractivity contribution is 0.589. The molecule has 0 aliphatic rings. The molecule has 1 unspecified atom stereocenters. The van der Waals surface area contributed by atoms with Crippen LogP contribution in [0.4, 0.5) is 5.82 Å². The van der Waals surface area contributed by atoms with Crippen LogP contribution in [0.15, 0.2) is 16.6 Å². The van der Waals surface area contributed by atoms with Crippen molar-refractivity contribution < 1.29 is 0 Å². The molecule has 17 heavy (non-hydrogen) atoms. The van der Waals surface area contributed by atoms with Crippen molar-refractivity contribution in [2.75, 3.05) is 11.4 Å². The van der Waals surface area contributed by atoms with E-state index in [0.29, 0.717) is 6.04 Å². The van der Waals surface area contributed by atoms with E-state index in [-0.39, 0.29) is 0 Å². The van der Waals surface area contributed by atoms with Gasteiger partial charge in [-0.1, -0.05) is 20.3 Å². The molecule has 0 radical (unpaired) electrons. The summed E-state index contributed by atoms with van der Waals surface area (Å²) in [6.45, 7) is 9.88. The van der Waals surface area contributed by atoms with Crippen molar-refractivity contribution in [3.8, 4) is 0 Å². The Hall–Kier alpha value is -0.570. The Kier molecular flexibility index (Phi) is 5.96. The third-order valence-corrected chi connectivity index (χ3v) is 4.01. The van der Waals surface area contributed by atoms with Gasteiger partial charge in [0.25, 0.3) is 0 Å². The largest absolute Gasteiger partial charge is 0.354 e. The highest BCUT2D eigenvalue weighted by Gasteiger charge is 2.14. The SMILES string of the molecule is CCCCN(c1ccc(Br)c(C)n1)C(C)CC. The predicted octanol–water partition coefficient (Wildman–Crippen LogP) is 4.56. The maximum atomic E-state index is 4.67. The summed E-state index contributed by atoms with van der Waals surface area (Å²) in [5, 5.41) is 0. The van der Waals surface area contributed by atoms with E-state index in [1.165, 1.54) is 12.8 Å². The average Bonchev–Trinajstić information content (AvgIpc) is 2.33. The van der Waals surface area contributed by atoms with Crippen molar-refractivity contribution in [1.29, 1.82) is 0 Å². The van der Waals surface area contributed by atoms with Crippen LogP contribution in [-0.4, -0.2) is 17.6 Å². The van der Waals surface area contributed by atoms with Crippen molar-refractivity contribution in [2.45, 2.75) is 53.0 Å². The van der Waals surface area contributed by atoms with Crippen LogP contribution in [-0.2, 0) is 0 Å². The third-order valence-electron chi connectivity index (χ3n) is 3.18. The van der Waals surface area contributed by atoms with Crippen molar-refractivity contribution in [1.82, 2.24) is 4.98 Å². The van der Waals surface area contributed by atoms with E-state index < -0.39 is 0 Å². The van der Waals surface area contributed by atoms with Crippen LogP contribution in [0.1, 0.15) is 45.7 Å². The zero-order valence-corrected chi connectivity index (χ0v) is 12.9. The number of hydrogen-bond donors (Lipinski definition) is 0. The second kappa shape index (κ2) is 7.00. The molecule has 1 atom stereocenters. The fourth-order valence-electron chi connectivity index (χ4n) is 1.80. The van der Waals surface area contributed by atoms with Crippen molar-refractivity contribution in [2.24, 2.45) is 0 Å². The van der Waals surface area contributed by atoms with E-state index in [0.717, 1.165) is 29.0 Å². The molecule has 0 aliphatic heterocycles. The van der Waals surface area contributed by atoms with Gasteiger partial charge in [-0.15, -0.1) is 0 Å². The molecule has 0 bridgehead atoms. The van der Waals surface area contributed by atoms with E-state index in [2.05, 4.69) is 58.7 Å². The first kappa shape index (κ1) is 14.5. The molecule has 0 aromatic carbocycles. The van der Waals surface area contributed by atoms with Gasteiger partial charge in [0.1, 0.15) is 5.82 Å². The van der Waals surface area contributed by atoms with Gasteiger partial charge in [-0.2, -0.15) is 0 Å². The normalized spacial score (nSPS) is 12.5. The molecule has 3 heteroatoms. The number of halogens is 1. The van der Waals surface area contributed by atoms with Crippen LogP contribution < -0.4 is 4.90 Å². The van der Waals surface area contributed by atoms with E-state index in [1.807, 2.05) is 6.92 Å². The molecule has 0 amide bonds. The number of unbranched alkanes of at least 4 members (excludes halogenated alkanes) is 1. The summed E-state index contributed by atoms with van der Waals surface area (Å²) < 4.78 is 1.08. The minimum absolute atomic E-state index is 0.551. The van der Waals surface area contributed by atoms with Gasteiger partial charge in [0.05, 0.1) is 5.69 Å². The van der Waals surface area contributed by atoms with Gasteiger partial charge in [0.15, 0.2) is 0 Å².